The molecule has 1 aromatic carbocycles. The van der Waals surface area contributed by atoms with Crippen LogP contribution >= 0.6 is 0 Å². The van der Waals surface area contributed by atoms with E-state index in [0.717, 1.165) is 47.8 Å². The van der Waals surface area contributed by atoms with E-state index in [1.165, 1.54) is 11.1 Å². The molecule has 0 spiro atoms. The van der Waals surface area contributed by atoms with Gasteiger partial charge < -0.3 is 10.2 Å². The fourth-order valence-corrected chi connectivity index (χ4v) is 3.84. The van der Waals surface area contributed by atoms with Crippen LogP contribution in [0.2, 0.25) is 0 Å². The number of carbonyl (C=O) groups is 1. The molecule has 1 aliphatic rings. The van der Waals surface area contributed by atoms with Crippen LogP contribution in [-0.2, 0) is 17.8 Å². The molecule has 32 heavy (non-hydrogen) atoms. The summed E-state index contributed by atoms with van der Waals surface area (Å²) in [4.78, 5) is 18.2. The van der Waals surface area contributed by atoms with Crippen LogP contribution in [0, 0.1) is 6.92 Å². The Hall–Kier alpha value is -3.18. The summed E-state index contributed by atoms with van der Waals surface area (Å²) in [7, 11) is 0. The number of rotatable bonds is 7. The molecular formula is C27H34N4O. The first-order chi connectivity index (χ1) is 15.5. The lowest BCUT2D eigenvalue weighted by molar-refractivity contribution is -0.114. The van der Waals surface area contributed by atoms with Gasteiger partial charge in [0.1, 0.15) is 5.65 Å². The molecule has 0 bridgehead atoms. The number of pyridine rings is 1. The highest BCUT2D eigenvalue weighted by Gasteiger charge is 2.14. The van der Waals surface area contributed by atoms with Crippen LogP contribution in [0.3, 0.4) is 0 Å². The number of nitrogens with zero attached hydrogens (tertiary/aromatic N) is 3. The molecule has 0 aliphatic carbocycles. The zero-order valence-corrected chi connectivity index (χ0v) is 19.7. The number of allylic oxidation sites excluding steroid dienone is 1. The highest BCUT2D eigenvalue weighted by atomic mass is 16.1. The standard InChI is InChI=1S/C25H28N4O.C2H6/c1-4-23-25(29-14-9-18(2)15-24(29)27-23)19(3)16-26-17-20-5-7-21(8-6-20)28-12-10-22(30)11-13-28;1-2/h5-10,12,14-15,26H,3-4,11,13,16-17H2,1-2H3;1-2H3. The van der Waals surface area contributed by atoms with Gasteiger partial charge in [0.15, 0.2) is 5.78 Å². The van der Waals surface area contributed by atoms with Gasteiger partial charge in [-0.15, -0.1) is 0 Å². The minimum absolute atomic E-state index is 0.194. The van der Waals surface area contributed by atoms with Gasteiger partial charge in [0.25, 0.3) is 0 Å². The lowest BCUT2D eigenvalue weighted by atomic mass is 10.1. The van der Waals surface area contributed by atoms with Crippen molar-refractivity contribution >= 4 is 22.7 Å². The molecule has 0 amide bonds. The van der Waals surface area contributed by atoms with Crippen molar-refractivity contribution < 1.29 is 4.79 Å². The number of ketones is 1. The number of imidazole rings is 1. The summed E-state index contributed by atoms with van der Waals surface area (Å²) in [5.74, 6) is 0.194. The Kier molecular flexibility index (Phi) is 8.01. The third-order valence-electron chi connectivity index (χ3n) is 5.50. The molecular weight excluding hydrogens is 396 g/mol. The van der Waals surface area contributed by atoms with E-state index in [9.17, 15) is 4.79 Å². The van der Waals surface area contributed by atoms with Crippen molar-refractivity contribution in [3.63, 3.8) is 0 Å². The van der Waals surface area contributed by atoms with Gasteiger partial charge in [-0.2, -0.15) is 0 Å². The van der Waals surface area contributed by atoms with Crippen molar-refractivity contribution in [2.24, 2.45) is 0 Å². The maximum atomic E-state index is 11.3. The number of aryl methyl sites for hydroxylation is 2. The topological polar surface area (TPSA) is 49.6 Å². The molecule has 0 unspecified atom stereocenters. The second-order valence-electron chi connectivity index (χ2n) is 7.79. The van der Waals surface area contributed by atoms with Crippen molar-refractivity contribution in [2.75, 3.05) is 18.0 Å². The van der Waals surface area contributed by atoms with Crippen molar-refractivity contribution in [2.45, 2.75) is 47.1 Å². The Morgan fingerprint density at radius 3 is 2.59 bits per heavy atom. The fourth-order valence-electron chi connectivity index (χ4n) is 3.84. The van der Waals surface area contributed by atoms with E-state index < -0.39 is 0 Å². The third kappa shape index (κ3) is 5.35. The van der Waals surface area contributed by atoms with Gasteiger partial charge in [0.2, 0.25) is 0 Å². The Morgan fingerprint density at radius 1 is 1.19 bits per heavy atom. The molecule has 1 aliphatic heterocycles. The monoisotopic (exact) mass is 430 g/mol. The highest BCUT2D eigenvalue weighted by Crippen LogP contribution is 2.22. The molecule has 5 nitrogen and oxygen atoms in total. The molecule has 0 atom stereocenters. The van der Waals surface area contributed by atoms with Gasteiger partial charge in [-0.1, -0.05) is 39.5 Å². The van der Waals surface area contributed by atoms with Gasteiger partial charge in [-0.05, 0) is 60.4 Å². The SMILES string of the molecule is C=C(CNCc1ccc(N2C=CC(=O)CC2)cc1)c1c(CC)nc2cc(C)ccn12.CC. The number of hydrogen-bond donors (Lipinski definition) is 1. The first-order valence-electron chi connectivity index (χ1n) is 11.5. The first-order valence-corrected chi connectivity index (χ1v) is 11.5. The summed E-state index contributed by atoms with van der Waals surface area (Å²) < 4.78 is 2.14. The van der Waals surface area contributed by atoms with Crippen LogP contribution in [-0.4, -0.2) is 28.3 Å². The Labute approximate surface area is 191 Å². The fraction of sp³-hybridized carbons (Fsp3) is 0.333. The maximum absolute atomic E-state index is 11.3. The van der Waals surface area contributed by atoms with E-state index in [4.69, 9.17) is 4.98 Å². The van der Waals surface area contributed by atoms with Gasteiger partial charge in [0, 0.05) is 44.1 Å². The number of fused-ring (bicyclic) bond motifs is 1. The summed E-state index contributed by atoms with van der Waals surface area (Å²) >= 11 is 0. The smallest absolute Gasteiger partial charge is 0.158 e. The molecule has 168 valence electrons. The number of aromatic nitrogens is 2. The second-order valence-corrected chi connectivity index (χ2v) is 7.79. The number of carbonyl (C=O) groups excluding carboxylic acids is 1. The van der Waals surface area contributed by atoms with E-state index in [1.54, 1.807) is 6.08 Å². The van der Waals surface area contributed by atoms with Gasteiger partial charge in [0.05, 0.1) is 11.4 Å². The van der Waals surface area contributed by atoms with Crippen LogP contribution < -0.4 is 10.2 Å². The molecule has 4 rings (SSSR count). The molecule has 0 saturated heterocycles. The number of hydrogen-bond acceptors (Lipinski definition) is 4. The van der Waals surface area contributed by atoms with Gasteiger partial charge in [-0.3, -0.25) is 9.20 Å². The Morgan fingerprint density at radius 2 is 1.94 bits per heavy atom. The van der Waals surface area contributed by atoms with Crippen LogP contribution in [0.25, 0.3) is 11.2 Å². The normalized spacial score (nSPS) is 13.2. The quantitative estimate of drug-likeness (QED) is 0.551. The molecule has 1 N–H and O–H groups in total. The van der Waals surface area contributed by atoms with E-state index in [1.807, 2.05) is 20.0 Å². The average Bonchev–Trinajstić information content (AvgIpc) is 3.19. The van der Waals surface area contributed by atoms with E-state index in [0.29, 0.717) is 13.0 Å². The van der Waals surface area contributed by atoms with E-state index in [-0.39, 0.29) is 5.78 Å². The van der Waals surface area contributed by atoms with Crippen molar-refractivity contribution in [3.8, 4) is 0 Å². The molecule has 0 fully saturated rings. The van der Waals surface area contributed by atoms with E-state index in [2.05, 4.69) is 77.6 Å². The second kappa shape index (κ2) is 10.9. The summed E-state index contributed by atoms with van der Waals surface area (Å²) in [5.41, 5.74) is 7.76. The molecule has 2 aromatic heterocycles. The number of nitrogens with one attached hydrogen (secondary N) is 1. The van der Waals surface area contributed by atoms with Crippen LogP contribution in [0.4, 0.5) is 5.69 Å². The first kappa shape index (κ1) is 23.5. The molecule has 0 radical (unpaired) electrons. The third-order valence-corrected chi connectivity index (χ3v) is 5.50. The predicted octanol–water partition coefficient (Wildman–Crippen LogP) is 5.33. The van der Waals surface area contributed by atoms with E-state index >= 15 is 0 Å². The number of anilines is 1. The Balaban J connectivity index is 0.00000141. The predicted molar refractivity (Wildman–Crippen MR) is 134 cm³/mol. The van der Waals surface area contributed by atoms with Crippen molar-refractivity contribution in [1.29, 1.82) is 0 Å². The van der Waals surface area contributed by atoms with Crippen LogP contribution in [0.5, 0.6) is 0 Å². The lowest BCUT2D eigenvalue weighted by Crippen LogP contribution is -2.24. The maximum Gasteiger partial charge on any atom is 0.158 e. The lowest BCUT2D eigenvalue weighted by Gasteiger charge is -2.23. The zero-order valence-electron chi connectivity index (χ0n) is 19.7. The zero-order chi connectivity index (χ0) is 23.1. The molecule has 0 saturated carbocycles. The van der Waals surface area contributed by atoms with Gasteiger partial charge >= 0.3 is 0 Å². The summed E-state index contributed by atoms with van der Waals surface area (Å²) in [6, 6.07) is 12.7. The van der Waals surface area contributed by atoms with Crippen LogP contribution in [0.1, 0.15) is 49.7 Å². The molecule has 3 aromatic rings. The molecule has 3 heterocycles. The summed E-state index contributed by atoms with van der Waals surface area (Å²) in [6.07, 6.45) is 7.05. The summed E-state index contributed by atoms with van der Waals surface area (Å²) in [6.45, 7) is 14.8. The minimum Gasteiger partial charge on any atom is -0.347 e. The summed E-state index contributed by atoms with van der Waals surface area (Å²) in [5, 5.41) is 3.51. The van der Waals surface area contributed by atoms with Crippen molar-refractivity contribution in [3.05, 3.63) is 84.0 Å². The number of benzene rings is 1. The molecule has 5 heteroatoms. The Bertz CT molecular complexity index is 1110. The van der Waals surface area contributed by atoms with Crippen molar-refractivity contribution in [1.82, 2.24) is 14.7 Å². The average molecular weight is 431 g/mol. The highest BCUT2D eigenvalue weighted by molar-refractivity contribution is 5.91. The minimum atomic E-state index is 0.194. The largest absolute Gasteiger partial charge is 0.347 e. The van der Waals surface area contributed by atoms with Crippen LogP contribution in [0.15, 0.2) is 61.4 Å². The van der Waals surface area contributed by atoms with Gasteiger partial charge in [-0.25, -0.2) is 4.98 Å².